The Kier molecular flexibility index (Phi) is 9.55. The fraction of sp³-hybridized carbons (Fsp3) is 0.276. The van der Waals surface area contributed by atoms with Crippen molar-refractivity contribution in [1.82, 2.24) is 30.9 Å². The Morgan fingerprint density at radius 1 is 0.881 bits per heavy atom. The highest BCUT2D eigenvalue weighted by Gasteiger charge is 2.30. The van der Waals surface area contributed by atoms with Gasteiger partial charge in [-0.25, -0.2) is 9.78 Å². The van der Waals surface area contributed by atoms with E-state index in [0.717, 1.165) is 16.5 Å². The van der Waals surface area contributed by atoms with Crippen molar-refractivity contribution < 1.29 is 29.4 Å². The molecule has 4 atom stereocenters. The van der Waals surface area contributed by atoms with E-state index in [9.17, 15) is 29.4 Å². The maximum atomic E-state index is 13.5. The van der Waals surface area contributed by atoms with Crippen molar-refractivity contribution >= 4 is 34.6 Å². The highest BCUT2D eigenvalue weighted by Crippen LogP contribution is 2.19. The molecule has 0 fully saturated rings. The van der Waals surface area contributed by atoms with Gasteiger partial charge in [-0.15, -0.1) is 0 Å². The van der Waals surface area contributed by atoms with Gasteiger partial charge in [0.15, 0.2) is 0 Å². The number of aromatic nitrogens is 3. The highest BCUT2D eigenvalue weighted by atomic mass is 16.4. The third-order valence-corrected chi connectivity index (χ3v) is 6.81. The first-order valence-electron chi connectivity index (χ1n) is 13.3. The average molecular weight is 576 g/mol. The molecule has 0 aliphatic rings. The number of rotatable bonds is 13. The van der Waals surface area contributed by atoms with Crippen LogP contribution >= 0.6 is 0 Å². The van der Waals surface area contributed by atoms with Crippen LogP contribution in [-0.2, 0) is 38.4 Å². The van der Waals surface area contributed by atoms with Crippen LogP contribution in [0.4, 0.5) is 0 Å². The molecule has 13 nitrogen and oxygen atoms in total. The van der Waals surface area contributed by atoms with Crippen LogP contribution in [0, 0.1) is 0 Å². The zero-order valence-corrected chi connectivity index (χ0v) is 22.8. The molecule has 0 bridgehead atoms. The first-order valence-corrected chi connectivity index (χ1v) is 13.3. The molecule has 0 spiro atoms. The Morgan fingerprint density at radius 2 is 1.60 bits per heavy atom. The Hall–Kier alpha value is -5.17. The van der Waals surface area contributed by atoms with Gasteiger partial charge in [0.2, 0.25) is 17.7 Å². The molecule has 0 aliphatic heterocycles. The second kappa shape index (κ2) is 13.5. The number of aromatic hydroxyl groups is 1. The Morgan fingerprint density at radius 3 is 2.29 bits per heavy atom. The summed E-state index contributed by atoms with van der Waals surface area (Å²) in [6.45, 7) is 1.46. The number of imidazole rings is 1. The molecular formula is C29H33N7O6. The van der Waals surface area contributed by atoms with Crippen LogP contribution in [0.1, 0.15) is 23.7 Å². The van der Waals surface area contributed by atoms with Crippen molar-refractivity contribution in [1.29, 1.82) is 0 Å². The number of carbonyl (C=O) groups excluding carboxylic acids is 3. The summed E-state index contributed by atoms with van der Waals surface area (Å²) in [5.74, 6) is -3.17. The molecule has 0 saturated carbocycles. The van der Waals surface area contributed by atoms with Crippen molar-refractivity contribution in [2.45, 2.75) is 50.4 Å². The molecule has 4 rings (SSSR count). The van der Waals surface area contributed by atoms with Gasteiger partial charge in [0.25, 0.3) is 0 Å². The number of aromatic amines is 2. The van der Waals surface area contributed by atoms with E-state index < -0.39 is 47.9 Å². The van der Waals surface area contributed by atoms with E-state index >= 15 is 0 Å². The molecule has 0 radical (unpaired) electrons. The first kappa shape index (κ1) is 29.8. The number of carboxylic acid groups (broad SMARTS) is 1. The van der Waals surface area contributed by atoms with Gasteiger partial charge in [-0.3, -0.25) is 14.4 Å². The Bertz CT molecular complexity index is 1530. The molecule has 3 amide bonds. The number of benzene rings is 2. The lowest BCUT2D eigenvalue weighted by Gasteiger charge is -2.24. The fourth-order valence-corrected chi connectivity index (χ4v) is 4.48. The largest absolute Gasteiger partial charge is 0.508 e. The maximum absolute atomic E-state index is 13.5. The number of nitrogens with two attached hydrogens (primary N) is 1. The van der Waals surface area contributed by atoms with E-state index in [-0.39, 0.29) is 25.0 Å². The van der Waals surface area contributed by atoms with Crippen molar-refractivity contribution in [2.24, 2.45) is 5.73 Å². The predicted molar refractivity (Wildman–Crippen MR) is 153 cm³/mol. The molecule has 0 aliphatic carbocycles. The minimum Gasteiger partial charge on any atom is -0.508 e. The summed E-state index contributed by atoms with van der Waals surface area (Å²) in [5, 5.41) is 27.9. The number of phenolic OH excluding ortho intramolecular Hbond substituents is 1. The van der Waals surface area contributed by atoms with Crippen molar-refractivity contribution in [2.75, 3.05) is 0 Å². The lowest BCUT2D eigenvalue weighted by molar-refractivity contribution is -0.142. The number of carboxylic acids is 1. The Balaban J connectivity index is 1.48. The van der Waals surface area contributed by atoms with E-state index in [1.54, 1.807) is 24.5 Å². The van der Waals surface area contributed by atoms with Gasteiger partial charge in [-0.2, -0.15) is 0 Å². The predicted octanol–water partition coefficient (Wildman–Crippen LogP) is 0.511. The molecule has 2 aromatic heterocycles. The van der Waals surface area contributed by atoms with E-state index in [1.807, 2.05) is 24.3 Å². The molecule has 2 aromatic carbocycles. The number of para-hydroxylation sites is 1. The van der Waals surface area contributed by atoms with Gasteiger partial charge < -0.3 is 41.9 Å². The monoisotopic (exact) mass is 575 g/mol. The zero-order chi connectivity index (χ0) is 30.2. The molecule has 13 heteroatoms. The second-order valence-corrected chi connectivity index (χ2v) is 10.0. The summed E-state index contributed by atoms with van der Waals surface area (Å²) in [6.07, 6.45) is 4.92. The van der Waals surface area contributed by atoms with E-state index in [2.05, 4.69) is 30.9 Å². The van der Waals surface area contributed by atoms with Crippen LogP contribution in [0.5, 0.6) is 5.75 Å². The Labute approximate surface area is 240 Å². The number of phenols is 1. The molecule has 220 valence electrons. The second-order valence-electron chi connectivity index (χ2n) is 10.0. The van der Waals surface area contributed by atoms with Crippen LogP contribution in [0.15, 0.2) is 67.3 Å². The molecular weight excluding hydrogens is 542 g/mol. The van der Waals surface area contributed by atoms with Crippen LogP contribution in [-0.4, -0.2) is 73.0 Å². The molecule has 2 heterocycles. The third-order valence-electron chi connectivity index (χ3n) is 6.81. The number of nitrogens with one attached hydrogen (secondary N) is 5. The minimum atomic E-state index is -1.30. The van der Waals surface area contributed by atoms with Crippen LogP contribution in [0.25, 0.3) is 10.9 Å². The van der Waals surface area contributed by atoms with E-state index in [4.69, 9.17) is 5.73 Å². The molecule has 4 aromatic rings. The topological polar surface area (TPSA) is 215 Å². The van der Waals surface area contributed by atoms with Crippen molar-refractivity contribution in [3.63, 3.8) is 0 Å². The number of hydrogen-bond donors (Lipinski definition) is 8. The average Bonchev–Trinajstić information content (AvgIpc) is 3.63. The summed E-state index contributed by atoms with van der Waals surface area (Å²) >= 11 is 0. The molecule has 4 unspecified atom stereocenters. The van der Waals surface area contributed by atoms with Gasteiger partial charge in [-0.05, 0) is 36.2 Å². The summed E-state index contributed by atoms with van der Waals surface area (Å²) in [7, 11) is 0. The standard InChI is InChI=1S/C29H33N7O6/c1-16(34-27(39)22(30)12-19-14-31-15-33-19)26(38)35-24(11-18-13-32-23-5-3-2-4-21(18)23)28(40)36-25(29(41)42)10-17-6-8-20(37)9-7-17/h2-9,13-16,22,24-25,32,37H,10-12,30H2,1H3,(H,31,33)(H,34,39)(H,35,38)(H,36,40)(H,41,42). The van der Waals surface area contributed by atoms with Gasteiger partial charge >= 0.3 is 5.97 Å². The van der Waals surface area contributed by atoms with E-state index in [1.165, 1.54) is 25.4 Å². The molecule has 0 saturated heterocycles. The molecule has 9 N–H and O–H groups in total. The lowest BCUT2D eigenvalue weighted by Crippen LogP contribution is -2.57. The van der Waals surface area contributed by atoms with Crippen LogP contribution < -0.4 is 21.7 Å². The maximum Gasteiger partial charge on any atom is 0.326 e. The number of aliphatic carboxylic acids is 1. The SMILES string of the molecule is CC(NC(=O)C(N)Cc1cnc[nH]1)C(=O)NC(Cc1c[nH]c2ccccc12)C(=O)NC(Cc1ccc(O)cc1)C(=O)O. The van der Waals surface area contributed by atoms with Crippen molar-refractivity contribution in [3.05, 3.63) is 84.1 Å². The summed E-state index contributed by atoms with van der Waals surface area (Å²) < 4.78 is 0. The summed E-state index contributed by atoms with van der Waals surface area (Å²) in [5.41, 5.74) is 8.78. The summed E-state index contributed by atoms with van der Waals surface area (Å²) in [6, 6.07) is 8.94. The number of nitrogens with zero attached hydrogens (tertiary/aromatic N) is 1. The highest BCUT2D eigenvalue weighted by molar-refractivity contribution is 5.94. The molecule has 42 heavy (non-hydrogen) atoms. The number of hydrogen-bond acceptors (Lipinski definition) is 7. The van der Waals surface area contributed by atoms with Gasteiger partial charge in [0, 0.05) is 48.3 Å². The van der Waals surface area contributed by atoms with Gasteiger partial charge in [-0.1, -0.05) is 30.3 Å². The third kappa shape index (κ3) is 7.73. The van der Waals surface area contributed by atoms with Crippen LogP contribution in [0.3, 0.4) is 0 Å². The number of fused-ring (bicyclic) bond motifs is 1. The zero-order valence-electron chi connectivity index (χ0n) is 22.8. The first-order chi connectivity index (χ1) is 20.1. The smallest absolute Gasteiger partial charge is 0.326 e. The fourth-order valence-electron chi connectivity index (χ4n) is 4.48. The number of carbonyl (C=O) groups is 4. The quantitative estimate of drug-likeness (QED) is 0.112. The lowest BCUT2D eigenvalue weighted by atomic mass is 10.0. The summed E-state index contributed by atoms with van der Waals surface area (Å²) in [4.78, 5) is 61.1. The van der Waals surface area contributed by atoms with Gasteiger partial charge in [0.1, 0.15) is 23.9 Å². The minimum absolute atomic E-state index is 0.0274. The van der Waals surface area contributed by atoms with Gasteiger partial charge in [0.05, 0.1) is 12.4 Å². The van der Waals surface area contributed by atoms with E-state index in [0.29, 0.717) is 11.3 Å². The number of amides is 3. The van der Waals surface area contributed by atoms with Crippen molar-refractivity contribution in [3.8, 4) is 5.75 Å². The normalized spacial score (nSPS) is 14.0. The van der Waals surface area contributed by atoms with Crippen LogP contribution in [0.2, 0.25) is 0 Å². The number of H-pyrrole nitrogens is 2.